The molecule has 1 aliphatic heterocycles. The van der Waals surface area contributed by atoms with Crippen LogP contribution in [0.15, 0.2) is 24.3 Å². The average molecular weight is 345 g/mol. The van der Waals surface area contributed by atoms with Gasteiger partial charge in [0.1, 0.15) is 18.1 Å². The molecule has 0 spiro atoms. The van der Waals surface area contributed by atoms with Crippen molar-refractivity contribution in [1.82, 2.24) is 15.1 Å². The molecule has 0 radical (unpaired) electrons. The second kappa shape index (κ2) is 7.57. The van der Waals surface area contributed by atoms with Crippen LogP contribution in [-0.2, 0) is 13.0 Å². The molecule has 2 N–H and O–H groups in total. The van der Waals surface area contributed by atoms with Crippen molar-refractivity contribution < 1.29 is 19.4 Å². The number of aromatic nitrogens is 2. The van der Waals surface area contributed by atoms with E-state index in [4.69, 9.17) is 9.47 Å². The standard InChI is InChI=1S/C18H23N3O4/c1-12(2)25-14-5-3-13(4-6-14)24-10-9-21-8-7-16-15(11-21)17(18(22)23)20-19-16/h3-6,12H,7-11H2,1-2H3,(H,19,20)(H,22,23). The van der Waals surface area contributed by atoms with Gasteiger partial charge in [0.25, 0.3) is 0 Å². The molecule has 0 saturated heterocycles. The number of aromatic carboxylic acids is 1. The number of rotatable bonds is 7. The number of carboxylic acid groups (broad SMARTS) is 1. The van der Waals surface area contributed by atoms with Crippen LogP contribution in [0.3, 0.4) is 0 Å². The highest BCUT2D eigenvalue weighted by atomic mass is 16.5. The minimum Gasteiger partial charge on any atom is -0.492 e. The first-order chi connectivity index (χ1) is 12.0. The van der Waals surface area contributed by atoms with E-state index in [1.807, 2.05) is 38.1 Å². The Kier molecular flexibility index (Phi) is 5.23. The quantitative estimate of drug-likeness (QED) is 0.801. The third-order valence-electron chi connectivity index (χ3n) is 4.09. The summed E-state index contributed by atoms with van der Waals surface area (Å²) in [6.45, 7) is 6.69. The second-order valence-electron chi connectivity index (χ2n) is 6.35. The van der Waals surface area contributed by atoms with Gasteiger partial charge in [-0.3, -0.25) is 10.00 Å². The Balaban J connectivity index is 1.49. The Morgan fingerprint density at radius 3 is 2.72 bits per heavy atom. The van der Waals surface area contributed by atoms with Crippen molar-refractivity contribution in [3.8, 4) is 11.5 Å². The predicted molar refractivity (Wildman–Crippen MR) is 92.2 cm³/mol. The SMILES string of the molecule is CC(C)Oc1ccc(OCCN2CCc3[nH]nc(C(=O)O)c3C2)cc1. The van der Waals surface area contributed by atoms with E-state index in [0.29, 0.717) is 13.2 Å². The van der Waals surface area contributed by atoms with Gasteiger partial charge in [0, 0.05) is 37.3 Å². The number of nitrogens with zero attached hydrogens (tertiary/aromatic N) is 2. The Labute approximate surface area is 146 Å². The lowest BCUT2D eigenvalue weighted by atomic mass is 10.1. The molecular formula is C18H23N3O4. The van der Waals surface area contributed by atoms with Crippen molar-refractivity contribution in [2.75, 3.05) is 19.7 Å². The molecule has 1 aromatic heterocycles. The number of ether oxygens (including phenoxy) is 2. The summed E-state index contributed by atoms with van der Waals surface area (Å²) in [7, 11) is 0. The van der Waals surface area contributed by atoms with Gasteiger partial charge in [-0.05, 0) is 38.1 Å². The van der Waals surface area contributed by atoms with Gasteiger partial charge in [-0.15, -0.1) is 0 Å². The van der Waals surface area contributed by atoms with E-state index < -0.39 is 5.97 Å². The van der Waals surface area contributed by atoms with Crippen molar-refractivity contribution in [2.24, 2.45) is 0 Å². The molecule has 0 amide bonds. The highest BCUT2D eigenvalue weighted by Gasteiger charge is 2.24. The number of carboxylic acids is 1. The maximum absolute atomic E-state index is 11.2. The molecule has 3 rings (SSSR count). The van der Waals surface area contributed by atoms with Gasteiger partial charge in [-0.25, -0.2) is 4.79 Å². The minimum absolute atomic E-state index is 0.126. The summed E-state index contributed by atoms with van der Waals surface area (Å²) >= 11 is 0. The van der Waals surface area contributed by atoms with Crippen LogP contribution in [0.4, 0.5) is 0 Å². The van der Waals surface area contributed by atoms with E-state index in [1.165, 1.54) is 0 Å². The van der Waals surface area contributed by atoms with Crippen LogP contribution in [0.1, 0.15) is 35.6 Å². The Hall–Kier alpha value is -2.54. The van der Waals surface area contributed by atoms with Crippen molar-refractivity contribution in [3.63, 3.8) is 0 Å². The molecule has 7 nitrogen and oxygen atoms in total. The molecule has 0 aliphatic carbocycles. The van der Waals surface area contributed by atoms with Crippen LogP contribution in [0.5, 0.6) is 11.5 Å². The smallest absolute Gasteiger partial charge is 0.356 e. The fourth-order valence-electron chi connectivity index (χ4n) is 2.90. The molecule has 0 atom stereocenters. The first-order valence-electron chi connectivity index (χ1n) is 8.44. The maximum atomic E-state index is 11.2. The minimum atomic E-state index is -0.987. The van der Waals surface area contributed by atoms with Crippen LogP contribution in [0.2, 0.25) is 0 Å². The number of fused-ring (bicyclic) bond motifs is 1. The van der Waals surface area contributed by atoms with Crippen molar-refractivity contribution in [3.05, 3.63) is 41.2 Å². The zero-order valence-electron chi connectivity index (χ0n) is 14.5. The fourth-order valence-corrected chi connectivity index (χ4v) is 2.90. The van der Waals surface area contributed by atoms with Gasteiger partial charge in [0.15, 0.2) is 5.69 Å². The Morgan fingerprint density at radius 2 is 2.04 bits per heavy atom. The third-order valence-corrected chi connectivity index (χ3v) is 4.09. The van der Waals surface area contributed by atoms with Gasteiger partial charge in [0.05, 0.1) is 6.10 Å². The highest BCUT2D eigenvalue weighted by molar-refractivity contribution is 5.87. The Bertz CT molecular complexity index is 724. The second-order valence-corrected chi connectivity index (χ2v) is 6.35. The molecule has 134 valence electrons. The highest BCUT2D eigenvalue weighted by Crippen LogP contribution is 2.21. The topological polar surface area (TPSA) is 87.7 Å². The van der Waals surface area contributed by atoms with Crippen molar-refractivity contribution >= 4 is 5.97 Å². The molecule has 0 unspecified atom stereocenters. The number of nitrogens with one attached hydrogen (secondary N) is 1. The average Bonchev–Trinajstić information content (AvgIpc) is 2.99. The van der Waals surface area contributed by atoms with Crippen LogP contribution in [-0.4, -0.2) is 52.0 Å². The molecule has 0 fully saturated rings. The molecule has 25 heavy (non-hydrogen) atoms. The zero-order valence-corrected chi connectivity index (χ0v) is 14.5. The summed E-state index contributed by atoms with van der Waals surface area (Å²) < 4.78 is 11.4. The molecule has 0 bridgehead atoms. The zero-order chi connectivity index (χ0) is 17.8. The lowest BCUT2D eigenvalue weighted by Crippen LogP contribution is -2.34. The van der Waals surface area contributed by atoms with E-state index in [0.717, 1.165) is 42.3 Å². The van der Waals surface area contributed by atoms with E-state index in [9.17, 15) is 9.90 Å². The fraction of sp³-hybridized carbons (Fsp3) is 0.444. The summed E-state index contributed by atoms with van der Waals surface area (Å²) in [6.07, 6.45) is 0.922. The third kappa shape index (κ3) is 4.30. The molecule has 2 aromatic rings. The summed E-state index contributed by atoms with van der Waals surface area (Å²) in [5.41, 5.74) is 1.84. The van der Waals surface area contributed by atoms with E-state index in [-0.39, 0.29) is 11.8 Å². The molecular weight excluding hydrogens is 322 g/mol. The molecule has 2 heterocycles. The van der Waals surface area contributed by atoms with Crippen LogP contribution >= 0.6 is 0 Å². The van der Waals surface area contributed by atoms with Gasteiger partial charge < -0.3 is 14.6 Å². The summed E-state index contributed by atoms with van der Waals surface area (Å²) in [4.78, 5) is 13.4. The van der Waals surface area contributed by atoms with Gasteiger partial charge in [0.2, 0.25) is 0 Å². The van der Waals surface area contributed by atoms with Crippen LogP contribution in [0, 0.1) is 0 Å². The van der Waals surface area contributed by atoms with Crippen LogP contribution in [0.25, 0.3) is 0 Å². The molecule has 0 saturated carbocycles. The first-order valence-corrected chi connectivity index (χ1v) is 8.44. The predicted octanol–water partition coefficient (Wildman–Crippen LogP) is 2.33. The molecule has 7 heteroatoms. The number of carbonyl (C=O) groups is 1. The number of H-pyrrole nitrogens is 1. The van der Waals surface area contributed by atoms with Gasteiger partial charge >= 0.3 is 5.97 Å². The van der Waals surface area contributed by atoms with E-state index >= 15 is 0 Å². The number of hydrogen-bond donors (Lipinski definition) is 2. The summed E-state index contributed by atoms with van der Waals surface area (Å²) in [5.74, 6) is 0.634. The van der Waals surface area contributed by atoms with Crippen LogP contribution < -0.4 is 9.47 Å². The molecule has 1 aromatic carbocycles. The van der Waals surface area contributed by atoms with Gasteiger partial charge in [-0.1, -0.05) is 0 Å². The lowest BCUT2D eigenvalue weighted by molar-refractivity contribution is 0.0687. The number of aromatic amines is 1. The van der Waals surface area contributed by atoms with Gasteiger partial charge in [-0.2, -0.15) is 5.10 Å². The maximum Gasteiger partial charge on any atom is 0.356 e. The first kappa shape index (κ1) is 17.3. The number of hydrogen-bond acceptors (Lipinski definition) is 5. The monoisotopic (exact) mass is 345 g/mol. The van der Waals surface area contributed by atoms with Crippen molar-refractivity contribution in [2.45, 2.75) is 32.9 Å². The van der Waals surface area contributed by atoms with E-state index in [2.05, 4.69) is 15.1 Å². The molecule has 1 aliphatic rings. The summed E-state index contributed by atoms with van der Waals surface area (Å²) in [6, 6.07) is 7.58. The normalized spacial score (nSPS) is 14.4. The summed E-state index contributed by atoms with van der Waals surface area (Å²) in [5, 5.41) is 15.9. The largest absolute Gasteiger partial charge is 0.492 e. The number of benzene rings is 1. The lowest BCUT2D eigenvalue weighted by Gasteiger charge is -2.26. The van der Waals surface area contributed by atoms with Crippen molar-refractivity contribution in [1.29, 1.82) is 0 Å². The Morgan fingerprint density at radius 1 is 1.32 bits per heavy atom. The van der Waals surface area contributed by atoms with E-state index in [1.54, 1.807) is 0 Å².